The molecule has 0 bridgehead atoms. The van der Waals surface area contributed by atoms with Crippen molar-refractivity contribution in [1.29, 1.82) is 0 Å². The van der Waals surface area contributed by atoms with Crippen molar-refractivity contribution in [2.75, 3.05) is 25.6 Å². The highest BCUT2D eigenvalue weighted by Crippen LogP contribution is 2.16. The Kier molecular flexibility index (Phi) is 7.26. The lowest BCUT2D eigenvalue weighted by Gasteiger charge is -2.20. The van der Waals surface area contributed by atoms with Gasteiger partial charge in [-0.05, 0) is 30.5 Å². The van der Waals surface area contributed by atoms with Gasteiger partial charge in [-0.15, -0.1) is 0 Å². The minimum absolute atomic E-state index is 0.0172. The summed E-state index contributed by atoms with van der Waals surface area (Å²) in [5, 5.41) is 0. The SMILES string of the molecule is CCCCc1ccc(N(C)C(=O)CC(CN)OC)cc1. The molecule has 1 unspecified atom stereocenters. The lowest BCUT2D eigenvalue weighted by Crippen LogP contribution is -2.33. The van der Waals surface area contributed by atoms with Crippen LogP contribution in [-0.4, -0.2) is 32.7 Å². The molecule has 0 aliphatic rings. The molecule has 0 spiro atoms. The Morgan fingerprint density at radius 3 is 2.50 bits per heavy atom. The maximum absolute atomic E-state index is 12.1. The normalized spacial score (nSPS) is 12.2. The van der Waals surface area contributed by atoms with Crippen LogP contribution in [0.5, 0.6) is 0 Å². The third-order valence-electron chi connectivity index (χ3n) is 3.52. The smallest absolute Gasteiger partial charge is 0.229 e. The van der Waals surface area contributed by atoms with E-state index < -0.39 is 0 Å². The first-order valence-corrected chi connectivity index (χ1v) is 7.20. The third kappa shape index (κ3) is 4.94. The van der Waals surface area contributed by atoms with Crippen LogP contribution in [0.3, 0.4) is 0 Å². The molecular formula is C16H26N2O2. The zero-order chi connectivity index (χ0) is 15.0. The van der Waals surface area contributed by atoms with Crippen LogP contribution in [0.15, 0.2) is 24.3 Å². The van der Waals surface area contributed by atoms with Gasteiger partial charge < -0.3 is 15.4 Å². The van der Waals surface area contributed by atoms with Gasteiger partial charge in [-0.25, -0.2) is 0 Å². The molecule has 0 heterocycles. The first-order valence-electron chi connectivity index (χ1n) is 7.20. The highest BCUT2D eigenvalue weighted by molar-refractivity contribution is 5.93. The van der Waals surface area contributed by atoms with Crippen LogP contribution in [0.1, 0.15) is 31.7 Å². The summed E-state index contributed by atoms with van der Waals surface area (Å²) in [6, 6.07) is 8.16. The van der Waals surface area contributed by atoms with Crippen LogP contribution in [0.4, 0.5) is 5.69 Å². The molecule has 112 valence electrons. The van der Waals surface area contributed by atoms with Gasteiger partial charge in [-0.1, -0.05) is 25.5 Å². The van der Waals surface area contributed by atoms with Crippen LogP contribution in [0.2, 0.25) is 0 Å². The molecule has 4 heteroatoms. The van der Waals surface area contributed by atoms with Gasteiger partial charge in [0.15, 0.2) is 0 Å². The number of hydrogen-bond acceptors (Lipinski definition) is 3. The van der Waals surface area contributed by atoms with Crippen LogP contribution in [-0.2, 0) is 16.0 Å². The average molecular weight is 278 g/mol. The lowest BCUT2D eigenvalue weighted by atomic mass is 10.1. The summed E-state index contributed by atoms with van der Waals surface area (Å²) in [4.78, 5) is 13.8. The number of aryl methyl sites for hydroxylation is 1. The van der Waals surface area contributed by atoms with E-state index in [9.17, 15) is 4.79 Å². The van der Waals surface area contributed by atoms with Crippen molar-refractivity contribution < 1.29 is 9.53 Å². The number of anilines is 1. The number of ether oxygens (including phenoxy) is 1. The van der Waals surface area contributed by atoms with E-state index in [-0.39, 0.29) is 12.0 Å². The second kappa shape index (κ2) is 8.72. The quantitative estimate of drug-likeness (QED) is 0.794. The number of carbonyl (C=O) groups is 1. The van der Waals surface area contributed by atoms with E-state index in [0.717, 1.165) is 12.1 Å². The second-order valence-corrected chi connectivity index (χ2v) is 5.02. The molecule has 1 atom stereocenters. The first-order chi connectivity index (χ1) is 9.62. The lowest BCUT2D eigenvalue weighted by molar-refractivity contribution is -0.120. The molecule has 1 amide bonds. The number of unbranched alkanes of at least 4 members (excludes halogenated alkanes) is 1. The maximum atomic E-state index is 12.1. The van der Waals surface area contributed by atoms with Gasteiger partial charge in [0.05, 0.1) is 12.5 Å². The number of rotatable bonds is 8. The van der Waals surface area contributed by atoms with E-state index in [4.69, 9.17) is 10.5 Å². The summed E-state index contributed by atoms with van der Waals surface area (Å²) < 4.78 is 5.15. The molecule has 1 rings (SSSR count). The summed E-state index contributed by atoms with van der Waals surface area (Å²) >= 11 is 0. The maximum Gasteiger partial charge on any atom is 0.229 e. The molecular weight excluding hydrogens is 252 g/mol. The number of nitrogens with two attached hydrogens (primary N) is 1. The molecule has 1 aromatic carbocycles. The second-order valence-electron chi connectivity index (χ2n) is 5.02. The van der Waals surface area contributed by atoms with Crippen molar-refractivity contribution in [3.8, 4) is 0 Å². The largest absolute Gasteiger partial charge is 0.380 e. The molecule has 20 heavy (non-hydrogen) atoms. The van der Waals surface area contributed by atoms with E-state index in [1.54, 1.807) is 19.1 Å². The molecule has 2 N–H and O–H groups in total. The zero-order valence-corrected chi connectivity index (χ0v) is 12.8. The number of amides is 1. The number of methoxy groups -OCH3 is 1. The van der Waals surface area contributed by atoms with Crippen molar-refractivity contribution >= 4 is 11.6 Å². The zero-order valence-electron chi connectivity index (χ0n) is 12.8. The highest BCUT2D eigenvalue weighted by Gasteiger charge is 2.16. The Morgan fingerprint density at radius 2 is 2.00 bits per heavy atom. The van der Waals surface area contributed by atoms with E-state index in [2.05, 4.69) is 19.1 Å². The Balaban J connectivity index is 2.62. The van der Waals surface area contributed by atoms with Crippen LogP contribution < -0.4 is 10.6 Å². The molecule has 0 fully saturated rings. The Hall–Kier alpha value is -1.39. The predicted octanol–water partition coefficient (Wildman–Crippen LogP) is 2.36. The van der Waals surface area contributed by atoms with Crippen molar-refractivity contribution in [2.24, 2.45) is 5.73 Å². The predicted molar refractivity (Wildman–Crippen MR) is 82.9 cm³/mol. The fourth-order valence-corrected chi connectivity index (χ4v) is 2.01. The average Bonchev–Trinajstić information content (AvgIpc) is 2.50. The standard InChI is InChI=1S/C16H26N2O2/c1-4-5-6-13-7-9-14(10-8-13)18(2)16(19)11-15(12-17)20-3/h7-10,15H,4-6,11-12,17H2,1-3H3. The van der Waals surface area contributed by atoms with E-state index in [1.807, 2.05) is 12.1 Å². The Morgan fingerprint density at radius 1 is 1.35 bits per heavy atom. The summed E-state index contributed by atoms with van der Waals surface area (Å²) in [7, 11) is 3.36. The summed E-state index contributed by atoms with van der Waals surface area (Å²) in [5.41, 5.74) is 7.76. The van der Waals surface area contributed by atoms with Crippen molar-refractivity contribution in [3.05, 3.63) is 29.8 Å². The molecule has 4 nitrogen and oxygen atoms in total. The molecule has 0 saturated heterocycles. The fraction of sp³-hybridized carbons (Fsp3) is 0.562. The van der Waals surface area contributed by atoms with E-state index in [1.165, 1.54) is 18.4 Å². The van der Waals surface area contributed by atoms with Gasteiger partial charge in [0.2, 0.25) is 5.91 Å². The highest BCUT2D eigenvalue weighted by atomic mass is 16.5. The van der Waals surface area contributed by atoms with Crippen molar-refractivity contribution in [1.82, 2.24) is 0 Å². The number of nitrogens with zero attached hydrogens (tertiary/aromatic N) is 1. The van der Waals surface area contributed by atoms with Gasteiger partial charge in [0, 0.05) is 26.4 Å². The molecule has 0 aliphatic carbocycles. The number of carbonyl (C=O) groups excluding carboxylic acids is 1. The topological polar surface area (TPSA) is 55.6 Å². The van der Waals surface area contributed by atoms with Crippen molar-refractivity contribution in [3.63, 3.8) is 0 Å². The summed E-state index contributed by atoms with van der Waals surface area (Å²) in [6.07, 6.45) is 3.57. The number of benzene rings is 1. The summed E-state index contributed by atoms with van der Waals surface area (Å²) in [5.74, 6) is 0.0172. The van der Waals surface area contributed by atoms with Gasteiger partial charge in [0.1, 0.15) is 0 Å². The van der Waals surface area contributed by atoms with Crippen LogP contribution >= 0.6 is 0 Å². The van der Waals surface area contributed by atoms with Gasteiger partial charge in [-0.2, -0.15) is 0 Å². The van der Waals surface area contributed by atoms with Gasteiger partial charge in [-0.3, -0.25) is 4.79 Å². The molecule has 0 saturated carbocycles. The minimum atomic E-state index is -0.214. The minimum Gasteiger partial charge on any atom is -0.380 e. The van der Waals surface area contributed by atoms with Crippen molar-refractivity contribution in [2.45, 2.75) is 38.7 Å². The Bertz CT molecular complexity index is 399. The Labute approximate surface area is 121 Å². The molecule has 0 aromatic heterocycles. The van der Waals surface area contributed by atoms with E-state index in [0.29, 0.717) is 13.0 Å². The monoisotopic (exact) mass is 278 g/mol. The van der Waals surface area contributed by atoms with Gasteiger partial charge in [0.25, 0.3) is 0 Å². The van der Waals surface area contributed by atoms with Crippen LogP contribution in [0, 0.1) is 0 Å². The summed E-state index contributed by atoms with van der Waals surface area (Å²) in [6.45, 7) is 2.54. The first kappa shape index (κ1) is 16.7. The van der Waals surface area contributed by atoms with Crippen LogP contribution in [0.25, 0.3) is 0 Å². The van der Waals surface area contributed by atoms with Gasteiger partial charge >= 0.3 is 0 Å². The molecule has 1 aromatic rings. The molecule has 0 radical (unpaired) electrons. The molecule has 0 aliphatic heterocycles. The van der Waals surface area contributed by atoms with E-state index >= 15 is 0 Å². The number of hydrogen-bond donors (Lipinski definition) is 1. The third-order valence-corrected chi connectivity index (χ3v) is 3.52. The fourth-order valence-electron chi connectivity index (χ4n) is 2.01.